The second kappa shape index (κ2) is 8.04. The molecule has 0 aliphatic carbocycles. The van der Waals surface area contributed by atoms with Crippen LogP contribution in [0.25, 0.3) is 0 Å². The second-order valence-electron chi connectivity index (χ2n) is 5.11. The molecule has 3 nitrogen and oxygen atoms in total. The third-order valence-corrected chi connectivity index (χ3v) is 3.12. The van der Waals surface area contributed by atoms with Gasteiger partial charge < -0.3 is 15.0 Å². The van der Waals surface area contributed by atoms with Crippen molar-refractivity contribution < 1.29 is 4.74 Å². The molecule has 1 unspecified atom stereocenters. The lowest BCUT2D eigenvalue weighted by Gasteiger charge is -2.19. The first kappa shape index (κ1) is 13.9. The average molecular weight is 228 g/mol. The molecule has 0 amide bonds. The van der Waals surface area contributed by atoms with Gasteiger partial charge in [0, 0.05) is 25.7 Å². The standard InChI is InChI=1S/C13H28N2O/c1-12(2)16-11-5-4-8-15-9-6-13(3)14-7-10-15/h12-14H,4-11H2,1-3H3. The van der Waals surface area contributed by atoms with Gasteiger partial charge in [-0.2, -0.15) is 0 Å². The molecule has 0 radical (unpaired) electrons. The number of ether oxygens (including phenoxy) is 1. The van der Waals surface area contributed by atoms with Crippen LogP contribution in [0, 0.1) is 0 Å². The second-order valence-corrected chi connectivity index (χ2v) is 5.11. The Morgan fingerprint density at radius 3 is 2.88 bits per heavy atom. The highest BCUT2D eigenvalue weighted by molar-refractivity contribution is 4.71. The Bertz CT molecular complexity index is 173. The third-order valence-electron chi connectivity index (χ3n) is 3.12. The van der Waals surface area contributed by atoms with Gasteiger partial charge in [0.2, 0.25) is 0 Å². The third kappa shape index (κ3) is 6.46. The van der Waals surface area contributed by atoms with Crippen molar-refractivity contribution in [2.75, 3.05) is 32.8 Å². The van der Waals surface area contributed by atoms with Crippen LogP contribution in [0.4, 0.5) is 0 Å². The van der Waals surface area contributed by atoms with Crippen molar-refractivity contribution in [2.24, 2.45) is 0 Å². The largest absolute Gasteiger partial charge is 0.379 e. The first-order valence-corrected chi connectivity index (χ1v) is 6.76. The van der Waals surface area contributed by atoms with Gasteiger partial charge in [0.25, 0.3) is 0 Å². The molecule has 1 fully saturated rings. The van der Waals surface area contributed by atoms with E-state index in [4.69, 9.17) is 4.74 Å². The fourth-order valence-electron chi connectivity index (χ4n) is 2.04. The van der Waals surface area contributed by atoms with E-state index >= 15 is 0 Å². The first-order chi connectivity index (χ1) is 7.68. The summed E-state index contributed by atoms with van der Waals surface area (Å²) in [7, 11) is 0. The Morgan fingerprint density at radius 1 is 1.31 bits per heavy atom. The highest BCUT2D eigenvalue weighted by Gasteiger charge is 2.11. The number of nitrogens with one attached hydrogen (secondary N) is 1. The molecule has 0 spiro atoms. The van der Waals surface area contributed by atoms with Crippen molar-refractivity contribution in [2.45, 2.75) is 52.2 Å². The molecule has 1 rings (SSSR count). The number of nitrogens with zero attached hydrogens (tertiary/aromatic N) is 1. The van der Waals surface area contributed by atoms with Gasteiger partial charge in [-0.25, -0.2) is 0 Å². The molecule has 0 aromatic carbocycles. The smallest absolute Gasteiger partial charge is 0.0518 e. The predicted molar refractivity (Wildman–Crippen MR) is 68.8 cm³/mol. The lowest BCUT2D eigenvalue weighted by Crippen LogP contribution is -2.29. The van der Waals surface area contributed by atoms with Gasteiger partial charge in [-0.05, 0) is 53.1 Å². The minimum absolute atomic E-state index is 0.378. The van der Waals surface area contributed by atoms with Crippen molar-refractivity contribution in [1.82, 2.24) is 10.2 Å². The van der Waals surface area contributed by atoms with Crippen LogP contribution in [0.15, 0.2) is 0 Å². The van der Waals surface area contributed by atoms with E-state index in [0.29, 0.717) is 12.1 Å². The summed E-state index contributed by atoms with van der Waals surface area (Å²) >= 11 is 0. The van der Waals surface area contributed by atoms with Gasteiger partial charge in [0.15, 0.2) is 0 Å². The van der Waals surface area contributed by atoms with Crippen LogP contribution in [-0.4, -0.2) is 49.8 Å². The molecular weight excluding hydrogens is 200 g/mol. The molecule has 1 atom stereocenters. The molecule has 3 heteroatoms. The summed E-state index contributed by atoms with van der Waals surface area (Å²) in [6.07, 6.45) is 4.12. The molecule has 1 aliphatic rings. The number of rotatable bonds is 6. The Labute approximate surface area is 101 Å². The number of hydrogen-bond acceptors (Lipinski definition) is 3. The van der Waals surface area contributed by atoms with E-state index in [1.165, 1.54) is 38.9 Å². The Kier molecular flexibility index (Phi) is 7.01. The van der Waals surface area contributed by atoms with Gasteiger partial charge in [-0.3, -0.25) is 0 Å². The summed E-state index contributed by atoms with van der Waals surface area (Å²) in [6, 6.07) is 0.689. The van der Waals surface area contributed by atoms with Gasteiger partial charge in [0.1, 0.15) is 0 Å². The Morgan fingerprint density at radius 2 is 2.12 bits per heavy atom. The van der Waals surface area contributed by atoms with E-state index in [-0.39, 0.29) is 0 Å². The van der Waals surface area contributed by atoms with Crippen LogP contribution >= 0.6 is 0 Å². The zero-order chi connectivity index (χ0) is 11.8. The normalized spacial score (nSPS) is 23.6. The number of unbranched alkanes of at least 4 members (excludes halogenated alkanes) is 1. The average Bonchev–Trinajstić information content (AvgIpc) is 2.43. The lowest BCUT2D eigenvalue weighted by atomic mass is 10.2. The SMILES string of the molecule is CC1CCN(CCCCOC(C)C)CCN1. The molecule has 0 aromatic rings. The Balaban J connectivity index is 1.99. The van der Waals surface area contributed by atoms with Gasteiger partial charge in [0.05, 0.1) is 6.10 Å². The van der Waals surface area contributed by atoms with Crippen molar-refractivity contribution in [3.63, 3.8) is 0 Å². The molecule has 1 aliphatic heterocycles. The van der Waals surface area contributed by atoms with Crippen LogP contribution in [0.3, 0.4) is 0 Å². The molecule has 96 valence electrons. The summed E-state index contributed by atoms with van der Waals surface area (Å²) in [4.78, 5) is 2.58. The minimum Gasteiger partial charge on any atom is -0.379 e. The first-order valence-electron chi connectivity index (χ1n) is 6.76. The van der Waals surface area contributed by atoms with Crippen molar-refractivity contribution in [3.05, 3.63) is 0 Å². The maximum absolute atomic E-state index is 5.54. The monoisotopic (exact) mass is 228 g/mol. The fraction of sp³-hybridized carbons (Fsp3) is 1.00. The van der Waals surface area contributed by atoms with Crippen LogP contribution in [-0.2, 0) is 4.74 Å². The summed E-state index contributed by atoms with van der Waals surface area (Å²) in [5.74, 6) is 0. The molecule has 1 saturated heterocycles. The minimum atomic E-state index is 0.378. The van der Waals surface area contributed by atoms with Gasteiger partial charge >= 0.3 is 0 Å². The molecule has 0 saturated carbocycles. The highest BCUT2D eigenvalue weighted by Crippen LogP contribution is 2.03. The van der Waals surface area contributed by atoms with Crippen LogP contribution in [0.5, 0.6) is 0 Å². The molecule has 0 aromatic heterocycles. The molecule has 16 heavy (non-hydrogen) atoms. The van der Waals surface area contributed by atoms with Crippen LogP contribution in [0.1, 0.15) is 40.0 Å². The van der Waals surface area contributed by atoms with Crippen LogP contribution < -0.4 is 5.32 Å². The molecule has 0 bridgehead atoms. The zero-order valence-electron chi connectivity index (χ0n) is 11.2. The zero-order valence-corrected chi connectivity index (χ0v) is 11.2. The molecular formula is C13H28N2O. The van der Waals surface area contributed by atoms with E-state index < -0.39 is 0 Å². The summed E-state index contributed by atoms with van der Waals surface area (Å²) in [6.45, 7) is 12.2. The van der Waals surface area contributed by atoms with E-state index in [2.05, 4.69) is 31.0 Å². The fourth-order valence-corrected chi connectivity index (χ4v) is 2.04. The summed E-state index contributed by atoms with van der Waals surface area (Å²) in [5.41, 5.74) is 0. The topological polar surface area (TPSA) is 24.5 Å². The predicted octanol–water partition coefficient (Wildman–Crippen LogP) is 1.88. The summed E-state index contributed by atoms with van der Waals surface area (Å²) in [5, 5.41) is 3.52. The summed E-state index contributed by atoms with van der Waals surface area (Å²) < 4.78 is 5.54. The highest BCUT2D eigenvalue weighted by atomic mass is 16.5. The van der Waals surface area contributed by atoms with Gasteiger partial charge in [-0.1, -0.05) is 0 Å². The Hall–Kier alpha value is -0.120. The van der Waals surface area contributed by atoms with Crippen molar-refractivity contribution >= 4 is 0 Å². The number of hydrogen-bond donors (Lipinski definition) is 1. The van der Waals surface area contributed by atoms with E-state index in [9.17, 15) is 0 Å². The van der Waals surface area contributed by atoms with E-state index in [1.807, 2.05) is 0 Å². The maximum atomic E-state index is 5.54. The van der Waals surface area contributed by atoms with Crippen molar-refractivity contribution in [3.8, 4) is 0 Å². The maximum Gasteiger partial charge on any atom is 0.0518 e. The van der Waals surface area contributed by atoms with Crippen molar-refractivity contribution in [1.29, 1.82) is 0 Å². The lowest BCUT2D eigenvalue weighted by molar-refractivity contribution is 0.0743. The van der Waals surface area contributed by atoms with Crippen LogP contribution in [0.2, 0.25) is 0 Å². The van der Waals surface area contributed by atoms with E-state index in [0.717, 1.165) is 13.2 Å². The molecule has 1 N–H and O–H groups in total. The quantitative estimate of drug-likeness (QED) is 0.703. The molecule has 1 heterocycles. The van der Waals surface area contributed by atoms with E-state index in [1.54, 1.807) is 0 Å². The van der Waals surface area contributed by atoms with Gasteiger partial charge in [-0.15, -0.1) is 0 Å².